The first-order chi connectivity index (χ1) is 11.1. The van der Waals surface area contributed by atoms with Crippen molar-refractivity contribution in [3.63, 3.8) is 0 Å². The zero-order chi connectivity index (χ0) is 16.3. The Hall–Kier alpha value is -1.00. The van der Waals surface area contributed by atoms with Crippen LogP contribution in [0.25, 0.3) is 0 Å². The molecule has 1 aromatic rings. The van der Waals surface area contributed by atoms with Gasteiger partial charge in [-0.1, -0.05) is 31.0 Å². The van der Waals surface area contributed by atoms with Crippen LogP contribution in [0.15, 0.2) is 35.2 Å². The fourth-order valence-electron chi connectivity index (χ4n) is 4.46. The zero-order valence-electron chi connectivity index (χ0n) is 13.8. The highest BCUT2D eigenvalue weighted by molar-refractivity contribution is 7.99. The molecule has 2 fully saturated rings. The number of fused-ring (bicyclic) bond motifs is 1. The van der Waals surface area contributed by atoms with Crippen LogP contribution in [-0.4, -0.2) is 29.0 Å². The van der Waals surface area contributed by atoms with Crippen LogP contribution in [0, 0.1) is 11.3 Å². The molecule has 0 bridgehead atoms. The molecule has 0 unspecified atom stereocenters. The van der Waals surface area contributed by atoms with Crippen LogP contribution < -0.4 is 0 Å². The third kappa shape index (κ3) is 2.91. The van der Waals surface area contributed by atoms with Gasteiger partial charge in [0.05, 0.1) is 17.6 Å². The minimum atomic E-state index is -0.890. The van der Waals surface area contributed by atoms with E-state index in [2.05, 4.69) is 12.1 Å². The number of benzene rings is 1. The maximum absolute atomic E-state index is 12.6. The number of carbonyl (C=O) groups is 1. The molecular weight excluding hydrogens is 308 g/mol. The second-order valence-electron chi connectivity index (χ2n) is 6.79. The Bertz CT molecular complexity index is 547. The zero-order valence-corrected chi connectivity index (χ0v) is 14.6. The lowest BCUT2D eigenvalue weighted by molar-refractivity contribution is -0.181. The topological polar surface area (TPSA) is 46.5 Å². The van der Waals surface area contributed by atoms with Gasteiger partial charge in [-0.05, 0) is 50.7 Å². The van der Waals surface area contributed by atoms with Crippen molar-refractivity contribution in [3.8, 4) is 0 Å². The van der Waals surface area contributed by atoms with Gasteiger partial charge in [0.1, 0.15) is 0 Å². The molecule has 2 saturated carbocycles. The van der Waals surface area contributed by atoms with Crippen molar-refractivity contribution in [2.24, 2.45) is 11.3 Å². The molecule has 0 spiro atoms. The number of esters is 1. The predicted octanol–water partition coefficient (Wildman–Crippen LogP) is 4.04. The number of thioether (sulfide) groups is 1. The summed E-state index contributed by atoms with van der Waals surface area (Å²) >= 11 is 1.78. The Kier molecular flexibility index (Phi) is 5.02. The highest BCUT2D eigenvalue weighted by atomic mass is 32.2. The summed E-state index contributed by atoms with van der Waals surface area (Å²) in [5.74, 6) is 0.855. The number of ether oxygens (including phenoxy) is 1. The summed E-state index contributed by atoms with van der Waals surface area (Å²) in [6.07, 6.45) is 5.20. The van der Waals surface area contributed by atoms with E-state index >= 15 is 0 Å². The molecule has 3 atom stereocenters. The molecule has 0 saturated heterocycles. The molecule has 2 aliphatic rings. The third-order valence-electron chi connectivity index (χ3n) is 5.70. The van der Waals surface area contributed by atoms with Gasteiger partial charge in [-0.2, -0.15) is 0 Å². The van der Waals surface area contributed by atoms with Crippen molar-refractivity contribution in [2.75, 3.05) is 12.4 Å². The summed E-state index contributed by atoms with van der Waals surface area (Å²) in [5, 5.41) is 11.5. The van der Waals surface area contributed by atoms with Crippen molar-refractivity contribution in [1.82, 2.24) is 0 Å². The molecule has 3 rings (SSSR count). The van der Waals surface area contributed by atoms with E-state index in [1.165, 1.54) is 4.90 Å². The second kappa shape index (κ2) is 6.86. The van der Waals surface area contributed by atoms with Gasteiger partial charge in [0.15, 0.2) is 0 Å². The lowest BCUT2D eigenvalue weighted by atomic mass is 9.63. The maximum Gasteiger partial charge on any atom is 0.315 e. The molecule has 4 heteroatoms. The van der Waals surface area contributed by atoms with Crippen molar-refractivity contribution < 1.29 is 14.6 Å². The first-order valence-corrected chi connectivity index (χ1v) is 9.68. The van der Waals surface area contributed by atoms with E-state index in [9.17, 15) is 9.90 Å². The van der Waals surface area contributed by atoms with Crippen LogP contribution in [0.4, 0.5) is 0 Å². The first kappa shape index (κ1) is 16.8. The average molecular weight is 334 g/mol. The summed E-state index contributed by atoms with van der Waals surface area (Å²) in [5.41, 5.74) is -1.55. The van der Waals surface area contributed by atoms with Crippen LogP contribution in [0.3, 0.4) is 0 Å². The van der Waals surface area contributed by atoms with E-state index in [1.54, 1.807) is 11.8 Å². The quantitative estimate of drug-likeness (QED) is 0.652. The lowest BCUT2D eigenvalue weighted by Gasteiger charge is -2.46. The highest BCUT2D eigenvalue weighted by Crippen LogP contribution is 2.59. The Morgan fingerprint density at radius 1 is 1.26 bits per heavy atom. The van der Waals surface area contributed by atoms with Crippen molar-refractivity contribution in [3.05, 3.63) is 30.3 Å². The van der Waals surface area contributed by atoms with Gasteiger partial charge in [-0.15, -0.1) is 11.8 Å². The van der Waals surface area contributed by atoms with Gasteiger partial charge in [-0.25, -0.2) is 0 Å². The van der Waals surface area contributed by atoms with Crippen LogP contribution in [0.2, 0.25) is 0 Å². The van der Waals surface area contributed by atoms with Gasteiger partial charge in [0.25, 0.3) is 0 Å². The van der Waals surface area contributed by atoms with Crippen molar-refractivity contribution >= 4 is 17.7 Å². The number of hydrogen-bond acceptors (Lipinski definition) is 4. The average Bonchev–Trinajstić information content (AvgIpc) is 2.88. The molecule has 0 amide bonds. The van der Waals surface area contributed by atoms with Crippen LogP contribution >= 0.6 is 11.8 Å². The molecule has 1 aromatic carbocycles. The molecule has 3 nitrogen and oxygen atoms in total. The number of aliphatic hydroxyl groups is 1. The normalized spacial score (nSPS) is 33.2. The smallest absolute Gasteiger partial charge is 0.315 e. The van der Waals surface area contributed by atoms with E-state index in [-0.39, 0.29) is 11.9 Å². The molecule has 0 heterocycles. The van der Waals surface area contributed by atoms with E-state index in [0.29, 0.717) is 6.61 Å². The van der Waals surface area contributed by atoms with Crippen molar-refractivity contribution in [1.29, 1.82) is 0 Å². The molecule has 23 heavy (non-hydrogen) atoms. The monoisotopic (exact) mass is 334 g/mol. The fraction of sp³-hybridized carbons (Fsp3) is 0.632. The minimum absolute atomic E-state index is 0.164. The molecule has 126 valence electrons. The number of rotatable bonds is 5. The molecular formula is C19H26O3S. The standard InChI is InChI=1S/C19H26O3S/c1-2-22-17(20)18-11-6-7-12-19(18,21)15(10-13-18)14-23-16-8-4-3-5-9-16/h3-5,8-9,15,21H,2,6-7,10-14H2,1H3/t15-,18+,19+/m1/s1. The van der Waals surface area contributed by atoms with Gasteiger partial charge in [0.2, 0.25) is 0 Å². The molecule has 1 N–H and O–H groups in total. The summed E-state index contributed by atoms with van der Waals surface area (Å²) in [7, 11) is 0. The fourth-order valence-corrected chi connectivity index (χ4v) is 5.64. The van der Waals surface area contributed by atoms with E-state index in [0.717, 1.165) is 44.3 Å². The maximum atomic E-state index is 12.6. The Morgan fingerprint density at radius 2 is 2.00 bits per heavy atom. The highest BCUT2D eigenvalue weighted by Gasteiger charge is 2.64. The summed E-state index contributed by atoms with van der Waals surface area (Å²) < 4.78 is 5.36. The van der Waals surface area contributed by atoms with Gasteiger partial charge >= 0.3 is 5.97 Å². The Morgan fingerprint density at radius 3 is 2.74 bits per heavy atom. The largest absolute Gasteiger partial charge is 0.465 e. The third-order valence-corrected chi connectivity index (χ3v) is 6.87. The summed E-state index contributed by atoms with van der Waals surface area (Å²) in [6.45, 7) is 2.23. The SMILES string of the molecule is CCOC(=O)[C@@]12CCCC[C@]1(O)[C@@H](CSc1ccccc1)CC2. The van der Waals surface area contributed by atoms with E-state index in [1.807, 2.05) is 25.1 Å². The first-order valence-electron chi connectivity index (χ1n) is 8.70. The van der Waals surface area contributed by atoms with Crippen LogP contribution in [-0.2, 0) is 9.53 Å². The van der Waals surface area contributed by atoms with Crippen LogP contribution in [0.5, 0.6) is 0 Å². The minimum Gasteiger partial charge on any atom is -0.465 e. The predicted molar refractivity (Wildman–Crippen MR) is 92.4 cm³/mol. The second-order valence-corrected chi connectivity index (χ2v) is 7.89. The molecule has 0 aromatic heterocycles. The van der Waals surface area contributed by atoms with Gasteiger partial charge < -0.3 is 9.84 Å². The summed E-state index contributed by atoms with van der Waals surface area (Å²) in [4.78, 5) is 13.9. The Balaban J connectivity index is 1.77. The number of carbonyl (C=O) groups excluding carboxylic acids is 1. The lowest BCUT2D eigenvalue weighted by Crippen LogP contribution is -2.55. The van der Waals surface area contributed by atoms with Crippen molar-refractivity contribution in [2.45, 2.75) is 55.9 Å². The van der Waals surface area contributed by atoms with E-state index < -0.39 is 11.0 Å². The van der Waals surface area contributed by atoms with E-state index in [4.69, 9.17) is 4.74 Å². The molecule has 0 aliphatic heterocycles. The molecule has 2 aliphatic carbocycles. The van der Waals surface area contributed by atoms with Crippen LogP contribution in [0.1, 0.15) is 45.4 Å². The van der Waals surface area contributed by atoms with Gasteiger partial charge in [0, 0.05) is 10.6 Å². The number of hydrogen-bond donors (Lipinski definition) is 1. The Labute approximate surface area is 142 Å². The molecule has 0 radical (unpaired) electrons. The summed E-state index contributed by atoms with van der Waals surface area (Å²) in [6, 6.07) is 10.3. The van der Waals surface area contributed by atoms with Gasteiger partial charge in [-0.3, -0.25) is 4.79 Å².